The summed E-state index contributed by atoms with van der Waals surface area (Å²) in [6.45, 7) is 0. The Morgan fingerprint density at radius 3 is 2.70 bits per heavy atom. The van der Waals surface area contributed by atoms with Crippen molar-refractivity contribution in [1.29, 1.82) is 0 Å². The maximum atomic E-state index is 12.7. The Hall–Kier alpha value is -0.0200. The van der Waals surface area contributed by atoms with E-state index >= 15 is 0 Å². The van der Waals surface area contributed by atoms with Gasteiger partial charge in [-0.05, 0) is 23.8 Å². The van der Waals surface area contributed by atoms with Crippen LogP contribution in [0.1, 0.15) is 5.56 Å². The molecule has 0 radical (unpaired) electrons. The molecule has 0 fully saturated rings. The quantitative estimate of drug-likeness (QED) is 0.692. The molecule has 1 rings (SSSR count). The minimum Gasteiger partial charge on any atom is -0.207 e. The Balaban J connectivity index is 3.09. The summed E-state index contributed by atoms with van der Waals surface area (Å²) in [6, 6.07) is 4.82. The lowest BCUT2D eigenvalue weighted by molar-refractivity contribution is 0.617. The Labute approximate surface area is 73.0 Å². The molecule has 10 heavy (non-hydrogen) atoms. The molecule has 0 saturated carbocycles. The van der Waals surface area contributed by atoms with Crippen molar-refractivity contribution in [2.45, 2.75) is 5.75 Å². The van der Waals surface area contributed by atoms with Crippen molar-refractivity contribution < 1.29 is 4.39 Å². The highest BCUT2D eigenvalue weighted by Gasteiger charge is 1.98. The Morgan fingerprint density at radius 2 is 2.20 bits per heavy atom. The van der Waals surface area contributed by atoms with Crippen LogP contribution in [0.4, 0.5) is 4.39 Å². The summed E-state index contributed by atoms with van der Waals surface area (Å²) in [5.74, 6) is 0.240. The van der Waals surface area contributed by atoms with Gasteiger partial charge in [0.2, 0.25) is 0 Å². The van der Waals surface area contributed by atoms with E-state index in [1.54, 1.807) is 12.1 Å². The van der Waals surface area contributed by atoms with Gasteiger partial charge < -0.3 is 0 Å². The van der Waals surface area contributed by atoms with Gasteiger partial charge in [-0.1, -0.05) is 15.9 Å². The highest BCUT2D eigenvalue weighted by molar-refractivity contribution is 9.10. The first-order valence-corrected chi connectivity index (χ1v) is 4.21. The van der Waals surface area contributed by atoms with Crippen LogP contribution in [0.2, 0.25) is 0 Å². The third kappa shape index (κ3) is 1.73. The average Bonchev–Trinajstić information content (AvgIpc) is 1.94. The first-order chi connectivity index (χ1) is 4.74. The standard InChI is InChI=1S/C7H6BrFS/c8-6-1-2-7(9)5(3-6)4-10/h1-3,10H,4H2. The molecule has 0 aliphatic rings. The molecule has 1 aromatic carbocycles. The molecule has 0 N–H and O–H groups in total. The maximum Gasteiger partial charge on any atom is 0.127 e. The van der Waals surface area contributed by atoms with Gasteiger partial charge in [-0.15, -0.1) is 0 Å². The van der Waals surface area contributed by atoms with E-state index in [4.69, 9.17) is 0 Å². The fourth-order valence-electron chi connectivity index (χ4n) is 0.664. The third-order valence-electron chi connectivity index (χ3n) is 1.18. The number of rotatable bonds is 1. The second-order valence-electron chi connectivity index (χ2n) is 1.89. The predicted octanol–water partition coefficient (Wildman–Crippen LogP) is 3.02. The molecule has 1 aromatic rings. The Bertz CT molecular complexity index is 237. The summed E-state index contributed by atoms with van der Waals surface area (Å²) in [4.78, 5) is 0. The fraction of sp³-hybridized carbons (Fsp3) is 0.143. The summed E-state index contributed by atoms with van der Waals surface area (Å²) in [7, 11) is 0. The van der Waals surface area contributed by atoms with Gasteiger partial charge in [0.15, 0.2) is 0 Å². The number of halogens is 2. The van der Waals surface area contributed by atoms with E-state index in [0.29, 0.717) is 11.3 Å². The molecule has 0 aliphatic carbocycles. The maximum absolute atomic E-state index is 12.7. The van der Waals surface area contributed by atoms with E-state index in [-0.39, 0.29) is 5.82 Å². The lowest BCUT2D eigenvalue weighted by Gasteiger charge is -1.97. The fourth-order valence-corrected chi connectivity index (χ4v) is 1.32. The first kappa shape index (κ1) is 8.08. The molecule has 54 valence electrons. The van der Waals surface area contributed by atoms with E-state index in [2.05, 4.69) is 28.6 Å². The van der Waals surface area contributed by atoms with Gasteiger partial charge in [-0.3, -0.25) is 0 Å². The average molecular weight is 221 g/mol. The number of hydrogen-bond donors (Lipinski definition) is 1. The van der Waals surface area contributed by atoms with Crippen LogP contribution in [-0.4, -0.2) is 0 Å². The van der Waals surface area contributed by atoms with Crippen molar-refractivity contribution in [3.05, 3.63) is 34.1 Å². The van der Waals surface area contributed by atoms with Crippen LogP contribution in [0, 0.1) is 5.82 Å². The lowest BCUT2D eigenvalue weighted by Crippen LogP contribution is -1.84. The second kappa shape index (κ2) is 3.39. The van der Waals surface area contributed by atoms with Gasteiger partial charge in [0.1, 0.15) is 5.82 Å². The van der Waals surface area contributed by atoms with E-state index in [9.17, 15) is 4.39 Å². The highest BCUT2D eigenvalue weighted by atomic mass is 79.9. The Kier molecular flexibility index (Phi) is 2.74. The summed E-state index contributed by atoms with van der Waals surface area (Å²) >= 11 is 7.20. The van der Waals surface area contributed by atoms with E-state index in [0.717, 1.165) is 4.47 Å². The van der Waals surface area contributed by atoms with Crippen molar-refractivity contribution >= 4 is 28.6 Å². The minimum atomic E-state index is -0.196. The van der Waals surface area contributed by atoms with Crippen LogP contribution in [0.5, 0.6) is 0 Å². The van der Waals surface area contributed by atoms with Gasteiger partial charge in [-0.2, -0.15) is 12.6 Å². The number of benzene rings is 1. The van der Waals surface area contributed by atoms with Crippen molar-refractivity contribution in [3.8, 4) is 0 Å². The first-order valence-electron chi connectivity index (χ1n) is 2.79. The zero-order valence-corrected chi connectivity index (χ0v) is 7.62. The molecule has 0 nitrogen and oxygen atoms in total. The summed E-state index contributed by atoms with van der Waals surface area (Å²) in [5.41, 5.74) is 0.623. The third-order valence-corrected chi connectivity index (χ3v) is 2.01. The van der Waals surface area contributed by atoms with Crippen LogP contribution in [0.3, 0.4) is 0 Å². The molecule has 0 bridgehead atoms. The molecule has 0 saturated heterocycles. The van der Waals surface area contributed by atoms with Gasteiger partial charge in [0, 0.05) is 10.2 Å². The van der Waals surface area contributed by atoms with Gasteiger partial charge in [0.05, 0.1) is 0 Å². The monoisotopic (exact) mass is 220 g/mol. The summed E-state index contributed by atoms with van der Waals surface area (Å²) < 4.78 is 13.6. The van der Waals surface area contributed by atoms with Gasteiger partial charge >= 0.3 is 0 Å². The van der Waals surface area contributed by atoms with E-state index < -0.39 is 0 Å². The van der Waals surface area contributed by atoms with Crippen LogP contribution in [0.15, 0.2) is 22.7 Å². The minimum absolute atomic E-state index is 0.196. The smallest absolute Gasteiger partial charge is 0.127 e. The molecule has 0 aromatic heterocycles. The normalized spacial score (nSPS) is 9.90. The number of thiol groups is 1. The summed E-state index contributed by atoms with van der Waals surface area (Å²) in [6.07, 6.45) is 0. The molecule has 0 heterocycles. The van der Waals surface area contributed by atoms with Crippen molar-refractivity contribution in [2.75, 3.05) is 0 Å². The van der Waals surface area contributed by atoms with E-state index in [1.807, 2.05) is 0 Å². The SMILES string of the molecule is Fc1ccc(Br)cc1CS. The van der Waals surface area contributed by atoms with Crippen LogP contribution < -0.4 is 0 Å². The molecule has 0 aliphatic heterocycles. The molecule has 0 amide bonds. The van der Waals surface area contributed by atoms with Crippen LogP contribution in [-0.2, 0) is 5.75 Å². The number of hydrogen-bond acceptors (Lipinski definition) is 1. The van der Waals surface area contributed by atoms with Crippen LogP contribution in [0.25, 0.3) is 0 Å². The van der Waals surface area contributed by atoms with Gasteiger partial charge in [0.25, 0.3) is 0 Å². The molecule has 3 heteroatoms. The van der Waals surface area contributed by atoms with E-state index in [1.165, 1.54) is 6.07 Å². The molecular weight excluding hydrogens is 215 g/mol. The summed E-state index contributed by atoms with van der Waals surface area (Å²) in [5, 5.41) is 0. The highest BCUT2D eigenvalue weighted by Crippen LogP contribution is 2.16. The topological polar surface area (TPSA) is 0 Å². The molecule has 0 atom stereocenters. The second-order valence-corrected chi connectivity index (χ2v) is 3.13. The van der Waals surface area contributed by atoms with Crippen molar-refractivity contribution in [1.82, 2.24) is 0 Å². The van der Waals surface area contributed by atoms with Crippen molar-refractivity contribution in [2.24, 2.45) is 0 Å². The predicted molar refractivity (Wildman–Crippen MR) is 46.8 cm³/mol. The molecular formula is C7H6BrFS. The van der Waals surface area contributed by atoms with Gasteiger partial charge in [-0.25, -0.2) is 4.39 Å². The Morgan fingerprint density at radius 1 is 1.50 bits per heavy atom. The largest absolute Gasteiger partial charge is 0.207 e. The zero-order valence-electron chi connectivity index (χ0n) is 5.14. The van der Waals surface area contributed by atoms with Crippen molar-refractivity contribution in [3.63, 3.8) is 0 Å². The zero-order chi connectivity index (χ0) is 7.56. The molecule has 0 spiro atoms. The van der Waals surface area contributed by atoms with Crippen LogP contribution >= 0.6 is 28.6 Å². The molecule has 0 unspecified atom stereocenters. The lowest BCUT2D eigenvalue weighted by atomic mass is 10.2.